The number of nitrogens with two attached hydrogens (primary N) is 1. The van der Waals surface area contributed by atoms with E-state index < -0.39 is 58.5 Å². The van der Waals surface area contributed by atoms with Crippen molar-refractivity contribution < 1.29 is 40.7 Å². The van der Waals surface area contributed by atoms with Crippen LogP contribution in [-0.4, -0.2) is 61.2 Å². The van der Waals surface area contributed by atoms with E-state index in [1.165, 1.54) is 17.2 Å². The number of amides is 2. The van der Waals surface area contributed by atoms with E-state index in [0.29, 0.717) is 11.9 Å². The van der Waals surface area contributed by atoms with E-state index >= 15 is 13.2 Å². The molecular weight excluding hydrogens is 632 g/mol. The lowest BCUT2D eigenvalue weighted by molar-refractivity contribution is -0.138. The normalized spacial score (nSPS) is 21.3. The maximum Gasteiger partial charge on any atom is 0.416 e. The fourth-order valence-electron chi connectivity index (χ4n) is 6.82. The van der Waals surface area contributed by atoms with Gasteiger partial charge in [-0.25, -0.2) is 28.1 Å². The Hall–Kier alpha value is -4.89. The lowest BCUT2D eigenvalue weighted by Crippen LogP contribution is -2.46. The minimum Gasteiger partial charge on any atom is -0.493 e. The number of anilines is 2. The highest BCUT2D eigenvalue weighted by molar-refractivity contribution is 6.05. The number of halogens is 6. The van der Waals surface area contributed by atoms with Crippen LogP contribution in [0, 0.1) is 11.2 Å². The quantitative estimate of drug-likeness (QED) is 0.255. The van der Waals surface area contributed by atoms with Crippen molar-refractivity contribution in [1.29, 1.82) is 0 Å². The Balaban J connectivity index is 1.26. The van der Waals surface area contributed by atoms with Crippen LogP contribution in [0.2, 0.25) is 0 Å². The molecule has 246 valence electrons. The minimum absolute atomic E-state index is 0.00883. The van der Waals surface area contributed by atoms with E-state index in [0.717, 1.165) is 18.3 Å². The molecule has 47 heavy (non-hydrogen) atoms. The van der Waals surface area contributed by atoms with Gasteiger partial charge in [0, 0.05) is 36.6 Å². The summed E-state index contributed by atoms with van der Waals surface area (Å²) >= 11 is 0. The van der Waals surface area contributed by atoms with Crippen LogP contribution in [0.3, 0.4) is 0 Å². The summed E-state index contributed by atoms with van der Waals surface area (Å²) in [6.45, 7) is 1.66. The molecule has 3 aliphatic rings. The van der Waals surface area contributed by atoms with Gasteiger partial charge in [-0.1, -0.05) is 0 Å². The van der Waals surface area contributed by atoms with Crippen molar-refractivity contribution in [3.63, 3.8) is 0 Å². The summed E-state index contributed by atoms with van der Waals surface area (Å²) in [4.78, 5) is 40.0. The van der Waals surface area contributed by atoms with Gasteiger partial charge in [0.05, 0.1) is 23.8 Å². The van der Waals surface area contributed by atoms with Crippen molar-refractivity contribution in [3.8, 4) is 17.0 Å². The van der Waals surface area contributed by atoms with Crippen molar-refractivity contribution >= 4 is 29.0 Å². The van der Waals surface area contributed by atoms with Crippen LogP contribution >= 0.6 is 0 Å². The van der Waals surface area contributed by atoms with Crippen LogP contribution in [0.1, 0.15) is 60.3 Å². The van der Waals surface area contributed by atoms with E-state index in [-0.39, 0.29) is 72.7 Å². The predicted octanol–water partition coefficient (Wildman–Crippen LogP) is 5.69. The smallest absolute Gasteiger partial charge is 0.416 e. The summed E-state index contributed by atoms with van der Waals surface area (Å²) in [5.74, 6) is -6.25. The summed E-state index contributed by atoms with van der Waals surface area (Å²) in [6, 6.07) is 2.29. The number of imidazole rings is 1. The van der Waals surface area contributed by atoms with Gasteiger partial charge in [-0.05, 0) is 56.9 Å². The second kappa shape index (κ2) is 10.6. The van der Waals surface area contributed by atoms with Crippen LogP contribution in [-0.2, 0) is 11.0 Å². The Labute approximate surface area is 262 Å². The summed E-state index contributed by atoms with van der Waals surface area (Å²) in [5.41, 5.74) is 3.37. The molecule has 0 bridgehead atoms. The maximum absolute atomic E-state index is 16.1. The Bertz CT molecular complexity index is 1940. The van der Waals surface area contributed by atoms with E-state index in [2.05, 4.69) is 15.3 Å². The molecule has 2 amide bonds. The third kappa shape index (κ3) is 4.75. The first-order valence-corrected chi connectivity index (χ1v) is 14.9. The molecule has 0 unspecified atom stereocenters. The van der Waals surface area contributed by atoms with E-state index in [1.54, 1.807) is 17.5 Å². The number of hydrogen-bond donors (Lipinski definition) is 2. The number of rotatable bonds is 6. The number of nitrogen functional groups attached to an aromatic ring is 1. The van der Waals surface area contributed by atoms with Gasteiger partial charge in [0.2, 0.25) is 5.91 Å². The third-order valence-corrected chi connectivity index (χ3v) is 9.22. The molecule has 5 heterocycles. The molecule has 16 heteroatoms. The first-order valence-electron chi connectivity index (χ1n) is 14.9. The number of carbonyl (C=O) groups is 2. The molecule has 1 saturated carbocycles. The monoisotopic (exact) mass is 659 g/mol. The second-order valence-corrected chi connectivity index (χ2v) is 11.9. The van der Waals surface area contributed by atoms with E-state index in [4.69, 9.17) is 15.5 Å². The van der Waals surface area contributed by atoms with Gasteiger partial charge < -0.3 is 20.7 Å². The molecule has 2 atom stereocenters. The molecule has 3 fully saturated rings. The number of pyridine rings is 1. The second-order valence-electron chi connectivity index (χ2n) is 11.9. The zero-order chi connectivity index (χ0) is 33.5. The van der Waals surface area contributed by atoms with Crippen molar-refractivity contribution in [2.75, 3.05) is 24.2 Å². The molecule has 10 nitrogen and oxygen atoms in total. The Morgan fingerprint density at radius 3 is 2.62 bits per heavy atom. The topological polar surface area (TPSA) is 128 Å². The van der Waals surface area contributed by atoms with E-state index in [1.807, 2.05) is 0 Å². The van der Waals surface area contributed by atoms with Crippen LogP contribution in [0.5, 0.6) is 5.75 Å². The summed E-state index contributed by atoms with van der Waals surface area (Å²) in [6.07, 6.45) is -0.188. The van der Waals surface area contributed by atoms with E-state index in [9.17, 15) is 22.8 Å². The number of fused-ring (bicyclic) bond motifs is 2. The number of piperidine rings is 1. The number of alkyl halides is 5. The molecule has 2 saturated heterocycles. The SMILES string of the molecule is CCOc1cc(C(=O)Nc2cc(C(F)(F)F)ccn2)cc(F)c1-c1nc([C@@H]2CC[C@@H]3N(C2)C(=O)C2(CC2)C3(F)F)n2ccnc(N)c12. The molecule has 3 aromatic heterocycles. The standard InChI is InChI=1S/C31H27F6N7O3/c1-2-47-19-12-16(27(45)41-21-13-17(5-8-39-21)31(35,36)37)11-18(32)22(19)23-24-25(38)40-9-10-43(24)26(42-23)15-3-4-20-30(33,34)29(6-7-29)28(46)44(20)14-15/h5,8-13,15,20H,2-4,6-7,14H2,1H3,(H2,38,40)(H,39,41,45)/t15-,20+/m1/s1. The molecule has 3 N–H and O–H groups in total. The average Bonchev–Trinajstić information content (AvgIpc) is 3.73. The Morgan fingerprint density at radius 2 is 1.91 bits per heavy atom. The molecular formula is C31H27F6N7O3. The Kier molecular flexibility index (Phi) is 6.91. The zero-order valence-corrected chi connectivity index (χ0v) is 24.7. The summed E-state index contributed by atoms with van der Waals surface area (Å²) in [7, 11) is 0. The highest BCUT2D eigenvalue weighted by Gasteiger charge is 2.77. The molecule has 1 aromatic carbocycles. The molecule has 2 aliphatic heterocycles. The minimum atomic E-state index is -4.67. The van der Waals surface area contributed by atoms with Crippen LogP contribution in [0.4, 0.5) is 38.0 Å². The zero-order valence-electron chi connectivity index (χ0n) is 24.7. The van der Waals surface area contributed by atoms with Crippen molar-refractivity contribution in [1.82, 2.24) is 24.3 Å². The third-order valence-electron chi connectivity index (χ3n) is 9.22. The van der Waals surface area contributed by atoms with Crippen molar-refractivity contribution in [3.05, 3.63) is 65.6 Å². The first kappa shape index (κ1) is 30.7. The van der Waals surface area contributed by atoms with Gasteiger partial charge in [-0.3, -0.25) is 14.0 Å². The lowest BCUT2D eigenvalue weighted by atomic mass is 9.89. The fourth-order valence-corrected chi connectivity index (χ4v) is 6.82. The maximum atomic E-state index is 16.1. The summed E-state index contributed by atoms with van der Waals surface area (Å²) < 4.78 is 93.3. The number of carbonyl (C=O) groups excluding carboxylic acids is 2. The van der Waals surface area contributed by atoms with Crippen LogP contribution in [0.15, 0.2) is 42.9 Å². The Morgan fingerprint density at radius 1 is 1.15 bits per heavy atom. The van der Waals surface area contributed by atoms with Gasteiger partial charge in [0.25, 0.3) is 11.8 Å². The van der Waals surface area contributed by atoms with Gasteiger partial charge in [-0.15, -0.1) is 0 Å². The predicted molar refractivity (Wildman–Crippen MR) is 155 cm³/mol. The van der Waals surface area contributed by atoms with Crippen LogP contribution in [0.25, 0.3) is 16.8 Å². The highest BCUT2D eigenvalue weighted by atomic mass is 19.4. The van der Waals surface area contributed by atoms with Gasteiger partial charge in [-0.2, -0.15) is 13.2 Å². The van der Waals surface area contributed by atoms with Crippen molar-refractivity contribution in [2.45, 2.75) is 56.7 Å². The molecule has 4 aromatic rings. The summed E-state index contributed by atoms with van der Waals surface area (Å²) in [5, 5.41) is 2.24. The molecule has 1 aliphatic carbocycles. The van der Waals surface area contributed by atoms with Gasteiger partial charge in [0.1, 0.15) is 45.7 Å². The number of nitrogens with one attached hydrogen (secondary N) is 1. The molecule has 1 spiro atoms. The fraction of sp³-hybridized carbons (Fsp3) is 0.387. The molecule has 0 radical (unpaired) electrons. The number of ether oxygens (including phenoxy) is 1. The lowest BCUT2D eigenvalue weighted by Gasteiger charge is -2.36. The van der Waals surface area contributed by atoms with Crippen molar-refractivity contribution in [2.24, 2.45) is 5.41 Å². The first-order chi connectivity index (χ1) is 22.3. The highest BCUT2D eigenvalue weighted by Crippen LogP contribution is 2.65. The number of nitrogens with zero attached hydrogens (tertiary/aromatic N) is 5. The van der Waals surface area contributed by atoms with Crippen LogP contribution < -0.4 is 15.8 Å². The largest absolute Gasteiger partial charge is 0.493 e. The van der Waals surface area contributed by atoms with Gasteiger partial charge >= 0.3 is 6.18 Å². The average molecular weight is 660 g/mol. The number of benzene rings is 1. The number of aromatic nitrogens is 4. The molecule has 7 rings (SSSR count). The van der Waals surface area contributed by atoms with Gasteiger partial charge in [0.15, 0.2) is 0 Å². The number of hydrogen-bond acceptors (Lipinski definition) is 7.